The molecule has 0 saturated heterocycles. The van der Waals surface area contributed by atoms with Crippen LogP contribution in [0.2, 0.25) is 0 Å². The Bertz CT molecular complexity index is 572. The van der Waals surface area contributed by atoms with E-state index in [9.17, 15) is 4.39 Å². The first-order valence-corrected chi connectivity index (χ1v) is 5.84. The molecule has 0 aliphatic rings. The van der Waals surface area contributed by atoms with E-state index in [0.717, 1.165) is 5.69 Å². The van der Waals surface area contributed by atoms with Crippen LogP contribution in [-0.4, -0.2) is 17.4 Å². The van der Waals surface area contributed by atoms with Gasteiger partial charge < -0.3 is 10.5 Å². The van der Waals surface area contributed by atoms with Crippen molar-refractivity contribution in [1.82, 2.24) is 4.98 Å². The molecule has 0 aliphatic heterocycles. The van der Waals surface area contributed by atoms with Crippen molar-refractivity contribution < 1.29 is 9.13 Å². The van der Waals surface area contributed by atoms with Gasteiger partial charge in [-0.15, -0.1) is 0 Å². The van der Waals surface area contributed by atoms with Crippen LogP contribution in [0.15, 0.2) is 42.6 Å². The third-order valence-electron chi connectivity index (χ3n) is 2.59. The summed E-state index contributed by atoms with van der Waals surface area (Å²) in [7, 11) is 0. The number of nitrogens with zero attached hydrogens (tertiary/aromatic N) is 1. The molecule has 0 atom stereocenters. The second-order valence-corrected chi connectivity index (χ2v) is 3.95. The fourth-order valence-electron chi connectivity index (χ4n) is 1.70. The SMILES string of the molecule is N=C(N)c1c(F)cccc1OCCc1ccccn1. The van der Waals surface area contributed by atoms with Crippen LogP contribution in [0.1, 0.15) is 11.3 Å². The number of hydrogen-bond donors (Lipinski definition) is 2. The molecule has 5 heteroatoms. The monoisotopic (exact) mass is 259 g/mol. The summed E-state index contributed by atoms with van der Waals surface area (Å²) in [6.07, 6.45) is 2.31. The van der Waals surface area contributed by atoms with E-state index in [1.165, 1.54) is 12.1 Å². The van der Waals surface area contributed by atoms with Gasteiger partial charge in [0.15, 0.2) is 0 Å². The molecule has 0 saturated carbocycles. The number of nitrogen functional groups attached to an aromatic ring is 1. The second kappa shape index (κ2) is 5.95. The summed E-state index contributed by atoms with van der Waals surface area (Å²) in [5.41, 5.74) is 6.24. The van der Waals surface area contributed by atoms with E-state index in [0.29, 0.717) is 13.0 Å². The van der Waals surface area contributed by atoms with Crippen LogP contribution in [0, 0.1) is 11.2 Å². The number of hydrogen-bond acceptors (Lipinski definition) is 3. The summed E-state index contributed by atoms with van der Waals surface area (Å²) in [4.78, 5) is 4.16. The zero-order valence-electron chi connectivity index (χ0n) is 10.3. The zero-order valence-corrected chi connectivity index (χ0v) is 10.3. The van der Waals surface area contributed by atoms with Gasteiger partial charge in [0.2, 0.25) is 0 Å². The first-order valence-electron chi connectivity index (χ1n) is 5.84. The Morgan fingerprint density at radius 2 is 2.11 bits per heavy atom. The number of amidine groups is 1. The van der Waals surface area contributed by atoms with Gasteiger partial charge >= 0.3 is 0 Å². The van der Waals surface area contributed by atoms with E-state index in [1.54, 1.807) is 12.3 Å². The van der Waals surface area contributed by atoms with Gasteiger partial charge in [-0.3, -0.25) is 10.4 Å². The van der Waals surface area contributed by atoms with E-state index in [4.69, 9.17) is 15.9 Å². The molecule has 0 spiro atoms. The quantitative estimate of drug-likeness (QED) is 0.638. The number of halogens is 1. The van der Waals surface area contributed by atoms with Crippen molar-refractivity contribution in [1.29, 1.82) is 5.41 Å². The third-order valence-corrected chi connectivity index (χ3v) is 2.59. The minimum atomic E-state index is -0.553. The van der Waals surface area contributed by atoms with Crippen molar-refractivity contribution in [2.24, 2.45) is 5.73 Å². The molecule has 0 bridgehead atoms. The minimum Gasteiger partial charge on any atom is -0.492 e. The summed E-state index contributed by atoms with van der Waals surface area (Å²) in [6.45, 7) is 0.348. The number of nitrogens with one attached hydrogen (secondary N) is 1. The number of pyridine rings is 1. The number of ether oxygens (including phenoxy) is 1. The molecule has 0 amide bonds. The Balaban J connectivity index is 2.04. The second-order valence-electron chi connectivity index (χ2n) is 3.95. The van der Waals surface area contributed by atoms with Crippen LogP contribution >= 0.6 is 0 Å². The Morgan fingerprint density at radius 3 is 2.79 bits per heavy atom. The van der Waals surface area contributed by atoms with Crippen LogP contribution in [-0.2, 0) is 6.42 Å². The zero-order chi connectivity index (χ0) is 13.7. The molecule has 1 aromatic carbocycles. The molecule has 2 aromatic rings. The molecule has 19 heavy (non-hydrogen) atoms. The summed E-state index contributed by atoms with van der Waals surface area (Å²) in [5.74, 6) is -0.614. The van der Waals surface area contributed by atoms with E-state index in [2.05, 4.69) is 4.98 Å². The van der Waals surface area contributed by atoms with E-state index in [1.807, 2.05) is 18.2 Å². The normalized spacial score (nSPS) is 10.2. The van der Waals surface area contributed by atoms with E-state index in [-0.39, 0.29) is 17.1 Å². The highest BCUT2D eigenvalue weighted by molar-refractivity contribution is 5.97. The standard InChI is InChI=1S/C14H14FN3O/c15-11-5-3-6-12(13(11)14(16)17)19-9-7-10-4-1-2-8-18-10/h1-6,8H,7,9H2,(H3,16,17). The molecule has 2 rings (SSSR count). The van der Waals surface area contributed by atoms with Gasteiger partial charge in [0, 0.05) is 18.3 Å². The van der Waals surface area contributed by atoms with Crippen molar-refractivity contribution in [3.8, 4) is 5.75 Å². The maximum Gasteiger partial charge on any atom is 0.137 e. The molecule has 0 fully saturated rings. The fraction of sp³-hybridized carbons (Fsp3) is 0.143. The number of benzene rings is 1. The van der Waals surface area contributed by atoms with Crippen LogP contribution in [0.3, 0.4) is 0 Å². The highest BCUT2D eigenvalue weighted by Gasteiger charge is 2.12. The lowest BCUT2D eigenvalue weighted by molar-refractivity contribution is 0.318. The van der Waals surface area contributed by atoms with E-state index < -0.39 is 5.82 Å². The van der Waals surface area contributed by atoms with Gasteiger partial charge in [-0.25, -0.2) is 4.39 Å². The first-order chi connectivity index (χ1) is 9.18. The van der Waals surface area contributed by atoms with Crippen LogP contribution in [0.5, 0.6) is 5.75 Å². The maximum atomic E-state index is 13.5. The molecular weight excluding hydrogens is 245 g/mol. The number of aromatic nitrogens is 1. The smallest absolute Gasteiger partial charge is 0.137 e. The summed E-state index contributed by atoms with van der Waals surface area (Å²) in [5, 5.41) is 7.36. The molecule has 0 aliphatic carbocycles. The molecular formula is C14H14FN3O. The Morgan fingerprint density at radius 1 is 1.26 bits per heavy atom. The van der Waals surface area contributed by atoms with Gasteiger partial charge in [0.05, 0.1) is 12.2 Å². The number of nitrogens with two attached hydrogens (primary N) is 1. The summed E-state index contributed by atoms with van der Waals surface area (Å²) >= 11 is 0. The molecule has 4 nitrogen and oxygen atoms in total. The molecule has 3 N–H and O–H groups in total. The third kappa shape index (κ3) is 3.28. The summed E-state index contributed by atoms with van der Waals surface area (Å²) < 4.78 is 19.0. The molecule has 1 aromatic heterocycles. The van der Waals surface area contributed by atoms with Crippen molar-refractivity contribution in [3.05, 3.63) is 59.7 Å². The lowest BCUT2D eigenvalue weighted by Crippen LogP contribution is -2.16. The highest BCUT2D eigenvalue weighted by atomic mass is 19.1. The van der Waals surface area contributed by atoms with Gasteiger partial charge in [-0.2, -0.15) is 0 Å². The summed E-state index contributed by atoms with van der Waals surface area (Å²) in [6, 6.07) is 10.00. The average molecular weight is 259 g/mol. The lowest BCUT2D eigenvalue weighted by atomic mass is 10.1. The Kier molecular flexibility index (Phi) is 4.07. The maximum absolute atomic E-state index is 13.5. The molecule has 0 radical (unpaired) electrons. The molecule has 1 heterocycles. The van der Waals surface area contributed by atoms with Gasteiger partial charge in [-0.05, 0) is 24.3 Å². The van der Waals surface area contributed by atoms with Gasteiger partial charge in [0.1, 0.15) is 17.4 Å². The van der Waals surface area contributed by atoms with Crippen molar-refractivity contribution in [2.45, 2.75) is 6.42 Å². The topological polar surface area (TPSA) is 72.0 Å². The van der Waals surface area contributed by atoms with Crippen molar-refractivity contribution in [3.63, 3.8) is 0 Å². The predicted octanol–water partition coefficient (Wildman–Crippen LogP) is 2.13. The largest absolute Gasteiger partial charge is 0.492 e. The van der Waals surface area contributed by atoms with Crippen molar-refractivity contribution in [2.75, 3.05) is 6.61 Å². The first kappa shape index (κ1) is 13.0. The van der Waals surface area contributed by atoms with Gasteiger partial charge in [0.25, 0.3) is 0 Å². The number of rotatable bonds is 5. The highest BCUT2D eigenvalue weighted by Crippen LogP contribution is 2.20. The average Bonchev–Trinajstić information content (AvgIpc) is 2.39. The van der Waals surface area contributed by atoms with Crippen LogP contribution in [0.4, 0.5) is 4.39 Å². The van der Waals surface area contributed by atoms with Crippen molar-refractivity contribution >= 4 is 5.84 Å². The Hall–Kier alpha value is -2.43. The van der Waals surface area contributed by atoms with Gasteiger partial charge in [-0.1, -0.05) is 12.1 Å². The fourth-order valence-corrected chi connectivity index (χ4v) is 1.70. The molecule has 98 valence electrons. The Labute approximate surface area is 110 Å². The predicted molar refractivity (Wildman–Crippen MR) is 70.9 cm³/mol. The lowest BCUT2D eigenvalue weighted by Gasteiger charge is -2.11. The molecule has 0 unspecified atom stereocenters. The minimum absolute atomic E-state index is 0.00326. The van der Waals surface area contributed by atoms with Crippen LogP contribution in [0.25, 0.3) is 0 Å². The van der Waals surface area contributed by atoms with E-state index >= 15 is 0 Å². The van der Waals surface area contributed by atoms with Crippen LogP contribution < -0.4 is 10.5 Å².